The number of nitrogens with two attached hydrogens (primary N) is 1. The van der Waals surface area contributed by atoms with Gasteiger partial charge in [0.25, 0.3) is 5.78 Å². The molecule has 1 amide bonds. The highest BCUT2D eigenvalue weighted by Gasteiger charge is 2.29. The highest BCUT2D eigenvalue weighted by atomic mass is 35.5. The fourth-order valence-corrected chi connectivity index (χ4v) is 3.91. The Kier molecular flexibility index (Phi) is 6.07. The summed E-state index contributed by atoms with van der Waals surface area (Å²) >= 11 is 6.04. The smallest absolute Gasteiger partial charge is 0.254 e. The number of aromatic nitrogens is 4. The summed E-state index contributed by atoms with van der Waals surface area (Å²) < 4.78 is 1.58. The molecule has 0 spiro atoms. The van der Waals surface area contributed by atoms with E-state index in [-0.39, 0.29) is 23.7 Å². The van der Waals surface area contributed by atoms with Crippen LogP contribution in [0.4, 0.5) is 5.95 Å². The van der Waals surface area contributed by atoms with E-state index in [1.54, 1.807) is 4.52 Å². The van der Waals surface area contributed by atoms with Crippen molar-refractivity contribution in [3.63, 3.8) is 0 Å². The second-order valence-corrected chi connectivity index (χ2v) is 7.83. The number of benzene rings is 1. The van der Waals surface area contributed by atoms with Gasteiger partial charge in [-0.25, -0.2) is 4.98 Å². The Hall–Kier alpha value is -2.67. The number of carbonyl (C=O) groups is 1. The zero-order valence-electron chi connectivity index (χ0n) is 17.3. The highest BCUT2D eigenvalue weighted by Crippen LogP contribution is 2.32. The quantitative estimate of drug-likeness (QED) is 0.617. The summed E-state index contributed by atoms with van der Waals surface area (Å²) in [6, 6.07) is 7.89. The third-order valence-corrected chi connectivity index (χ3v) is 6.09. The van der Waals surface area contributed by atoms with Crippen LogP contribution in [0.3, 0.4) is 0 Å². The van der Waals surface area contributed by atoms with Gasteiger partial charge in [0.05, 0.1) is 6.42 Å². The van der Waals surface area contributed by atoms with Gasteiger partial charge < -0.3 is 11.1 Å². The molecule has 3 rings (SSSR count). The molecular weight excluding hydrogens is 388 g/mol. The Morgan fingerprint density at radius 1 is 1.17 bits per heavy atom. The maximum Gasteiger partial charge on any atom is 0.254 e. The number of halogens is 1. The fourth-order valence-electron chi connectivity index (χ4n) is 3.78. The number of amides is 1. The van der Waals surface area contributed by atoms with Gasteiger partial charge in [-0.15, -0.1) is 5.10 Å². The van der Waals surface area contributed by atoms with E-state index in [1.807, 2.05) is 38.1 Å². The van der Waals surface area contributed by atoms with Crippen LogP contribution >= 0.6 is 11.6 Å². The van der Waals surface area contributed by atoms with E-state index in [9.17, 15) is 4.79 Å². The normalized spacial score (nSPS) is 11.8. The first kappa shape index (κ1) is 21.0. The molecule has 0 saturated heterocycles. The van der Waals surface area contributed by atoms with Gasteiger partial charge in [-0.3, -0.25) is 4.79 Å². The summed E-state index contributed by atoms with van der Waals surface area (Å²) in [4.78, 5) is 21.3. The SMILES string of the molecule is CCC(CC)(CNC(=O)Cc1c(C)nc2nc(N)nn2c1C)c1ccc(Cl)cc1. The molecule has 0 aliphatic carbocycles. The maximum atomic E-state index is 12.8. The topological polar surface area (TPSA) is 98.2 Å². The number of hydrogen-bond donors (Lipinski definition) is 2. The Morgan fingerprint density at radius 3 is 2.45 bits per heavy atom. The zero-order chi connectivity index (χ0) is 21.2. The van der Waals surface area contributed by atoms with Crippen LogP contribution in [-0.4, -0.2) is 32.0 Å². The van der Waals surface area contributed by atoms with Crippen LogP contribution in [0.1, 0.15) is 49.2 Å². The predicted molar refractivity (Wildman–Crippen MR) is 115 cm³/mol. The van der Waals surface area contributed by atoms with E-state index in [2.05, 4.69) is 34.2 Å². The van der Waals surface area contributed by atoms with Crippen LogP contribution in [0.15, 0.2) is 24.3 Å². The third kappa shape index (κ3) is 4.19. The first-order valence-electron chi connectivity index (χ1n) is 9.80. The molecule has 0 unspecified atom stereocenters. The molecule has 7 nitrogen and oxygen atoms in total. The monoisotopic (exact) mass is 414 g/mol. The van der Waals surface area contributed by atoms with Crippen LogP contribution in [0.5, 0.6) is 0 Å². The first-order chi connectivity index (χ1) is 13.8. The van der Waals surface area contributed by atoms with Crippen molar-refractivity contribution in [3.8, 4) is 0 Å². The molecule has 0 radical (unpaired) electrons. The third-order valence-electron chi connectivity index (χ3n) is 5.84. The number of nitrogen functional groups attached to an aromatic ring is 1. The lowest BCUT2D eigenvalue weighted by Gasteiger charge is -2.33. The van der Waals surface area contributed by atoms with E-state index < -0.39 is 0 Å². The van der Waals surface area contributed by atoms with Crippen LogP contribution in [0, 0.1) is 13.8 Å². The van der Waals surface area contributed by atoms with E-state index in [1.165, 1.54) is 5.56 Å². The van der Waals surface area contributed by atoms with E-state index in [0.717, 1.165) is 29.8 Å². The summed E-state index contributed by atoms with van der Waals surface area (Å²) in [5.74, 6) is 0.561. The molecular formula is C21H27ClN6O. The molecule has 0 aliphatic heterocycles. The Balaban J connectivity index is 1.78. The Bertz CT molecular complexity index is 1020. The average molecular weight is 415 g/mol. The van der Waals surface area contributed by atoms with Gasteiger partial charge in [0, 0.05) is 33.9 Å². The molecule has 2 aromatic heterocycles. The molecule has 0 aliphatic rings. The van der Waals surface area contributed by atoms with Crippen molar-refractivity contribution in [2.75, 3.05) is 12.3 Å². The summed E-state index contributed by atoms with van der Waals surface area (Å²) in [6.07, 6.45) is 2.05. The lowest BCUT2D eigenvalue weighted by Crippen LogP contribution is -2.40. The number of nitrogens with one attached hydrogen (secondary N) is 1. The molecule has 3 N–H and O–H groups in total. The predicted octanol–water partition coefficient (Wildman–Crippen LogP) is 3.39. The van der Waals surface area contributed by atoms with Crippen molar-refractivity contribution in [1.82, 2.24) is 24.9 Å². The van der Waals surface area contributed by atoms with E-state index >= 15 is 0 Å². The molecule has 3 aromatic rings. The standard InChI is InChI=1S/C21H27ClN6O/c1-5-21(6-2,15-7-9-16(22)10-8-15)12-24-18(29)11-17-13(3)25-20-26-19(23)27-28(20)14(17)4/h7-10H,5-6,11-12H2,1-4H3,(H2,23,27)(H,24,29). The number of hydrogen-bond acceptors (Lipinski definition) is 5. The first-order valence-corrected chi connectivity index (χ1v) is 10.2. The lowest BCUT2D eigenvalue weighted by atomic mass is 9.75. The molecule has 0 saturated carbocycles. The van der Waals surface area contributed by atoms with Crippen molar-refractivity contribution in [1.29, 1.82) is 0 Å². The highest BCUT2D eigenvalue weighted by molar-refractivity contribution is 6.30. The van der Waals surface area contributed by atoms with Gasteiger partial charge >= 0.3 is 0 Å². The minimum Gasteiger partial charge on any atom is -0.366 e. The second-order valence-electron chi connectivity index (χ2n) is 7.39. The van der Waals surface area contributed by atoms with E-state index in [4.69, 9.17) is 17.3 Å². The average Bonchev–Trinajstić information content (AvgIpc) is 3.07. The van der Waals surface area contributed by atoms with Crippen LogP contribution in [-0.2, 0) is 16.6 Å². The minimum atomic E-state index is -0.132. The van der Waals surface area contributed by atoms with Gasteiger partial charge in [0.2, 0.25) is 11.9 Å². The van der Waals surface area contributed by atoms with Gasteiger partial charge in [-0.1, -0.05) is 37.6 Å². The van der Waals surface area contributed by atoms with Crippen molar-refractivity contribution >= 4 is 29.2 Å². The van der Waals surface area contributed by atoms with Crippen molar-refractivity contribution in [2.24, 2.45) is 0 Å². The molecule has 154 valence electrons. The zero-order valence-corrected chi connectivity index (χ0v) is 18.0. The number of anilines is 1. The van der Waals surface area contributed by atoms with Crippen LogP contribution in [0.25, 0.3) is 5.78 Å². The summed E-state index contributed by atoms with van der Waals surface area (Å²) in [6.45, 7) is 8.62. The number of fused-ring (bicyclic) bond motifs is 1. The van der Waals surface area contributed by atoms with Crippen molar-refractivity contribution in [3.05, 3.63) is 51.8 Å². The number of aryl methyl sites for hydroxylation is 2. The summed E-state index contributed by atoms with van der Waals surface area (Å²) in [7, 11) is 0. The molecule has 1 aromatic carbocycles. The molecule has 0 atom stereocenters. The van der Waals surface area contributed by atoms with Gasteiger partial charge in [-0.2, -0.15) is 9.50 Å². The molecule has 2 heterocycles. The fraction of sp³-hybridized carbons (Fsp3) is 0.429. The number of rotatable bonds is 7. The minimum absolute atomic E-state index is 0.0503. The van der Waals surface area contributed by atoms with E-state index in [0.29, 0.717) is 17.3 Å². The number of nitrogens with zero attached hydrogens (tertiary/aromatic N) is 4. The largest absolute Gasteiger partial charge is 0.366 e. The van der Waals surface area contributed by atoms with Gasteiger partial charge in [0.15, 0.2) is 0 Å². The second kappa shape index (κ2) is 8.37. The maximum absolute atomic E-state index is 12.8. The molecule has 29 heavy (non-hydrogen) atoms. The van der Waals surface area contributed by atoms with Crippen LogP contribution in [0.2, 0.25) is 5.02 Å². The lowest BCUT2D eigenvalue weighted by molar-refractivity contribution is -0.120. The number of carbonyl (C=O) groups excluding carboxylic acids is 1. The van der Waals surface area contributed by atoms with Gasteiger partial charge in [0.1, 0.15) is 0 Å². The van der Waals surface area contributed by atoms with Crippen molar-refractivity contribution in [2.45, 2.75) is 52.4 Å². The summed E-state index contributed by atoms with van der Waals surface area (Å²) in [5.41, 5.74) is 9.15. The molecule has 8 heteroatoms. The Morgan fingerprint density at radius 2 is 1.83 bits per heavy atom. The Labute approximate surface area is 175 Å². The van der Waals surface area contributed by atoms with Gasteiger partial charge in [-0.05, 0) is 44.4 Å². The van der Waals surface area contributed by atoms with Crippen LogP contribution < -0.4 is 11.1 Å². The summed E-state index contributed by atoms with van der Waals surface area (Å²) in [5, 5.41) is 7.99. The molecule has 0 fully saturated rings. The molecule has 0 bridgehead atoms. The van der Waals surface area contributed by atoms with Crippen molar-refractivity contribution < 1.29 is 4.79 Å².